The second kappa shape index (κ2) is 7.85. The molecule has 2 aromatic rings. The lowest BCUT2D eigenvalue weighted by Gasteiger charge is -2.11. The largest absolute Gasteiger partial charge is 0.389 e. The zero-order valence-electron chi connectivity index (χ0n) is 13.1. The van der Waals surface area contributed by atoms with E-state index in [-0.39, 0.29) is 24.9 Å². The van der Waals surface area contributed by atoms with Gasteiger partial charge >= 0.3 is 0 Å². The molecule has 1 aromatic heterocycles. The maximum atomic E-state index is 13.0. The summed E-state index contributed by atoms with van der Waals surface area (Å²) in [7, 11) is 1.48. The number of hydrogen-bond acceptors (Lipinski definition) is 4. The summed E-state index contributed by atoms with van der Waals surface area (Å²) < 4.78 is 19.5. The van der Waals surface area contributed by atoms with Crippen molar-refractivity contribution < 1.29 is 19.0 Å². The van der Waals surface area contributed by atoms with Crippen LogP contribution in [0.15, 0.2) is 30.5 Å². The van der Waals surface area contributed by atoms with E-state index in [9.17, 15) is 14.3 Å². The van der Waals surface area contributed by atoms with Crippen LogP contribution in [0.5, 0.6) is 0 Å². The molecule has 2 rings (SSSR count). The Kier molecular flexibility index (Phi) is 5.84. The molecule has 0 radical (unpaired) electrons. The van der Waals surface area contributed by atoms with Gasteiger partial charge in [-0.2, -0.15) is 5.10 Å². The SMILES string of the molecule is CCc1c(C(=O)NCC(O)COC)cnn1-c1ccc(F)cc1. The molecule has 1 amide bonds. The molecule has 0 aliphatic carbocycles. The number of amides is 1. The number of carbonyl (C=O) groups excluding carboxylic acids is 1. The number of benzene rings is 1. The minimum absolute atomic E-state index is 0.0948. The van der Waals surface area contributed by atoms with Crippen LogP contribution in [0.4, 0.5) is 4.39 Å². The van der Waals surface area contributed by atoms with Gasteiger partial charge in [-0.05, 0) is 30.7 Å². The highest BCUT2D eigenvalue weighted by atomic mass is 19.1. The molecule has 7 heteroatoms. The fourth-order valence-electron chi connectivity index (χ4n) is 2.27. The summed E-state index contributed by atoms with van der Waals surface area (Å²) in [5, 5.41) is 16.5. The van der Waals surface area contributed by atoms with E-state index in [0.717, 1.165) is 5.69 Å². The molecule has 6 nitrogen and oxygen atoms in total. The number of halogens is 1. The Morgan fingerprint density at radius 2 is 2.13 bits per heavy atom. The van der Waals surface area contributed by atoms with E-state index in [4.69, 9.17) is 4.74 Å². The van der Waals surface area contributed by atoms with Gasteiger partial charge in [0.2, 0.25) is 0 Å². The number of nitrogens with one attached hydrogen (secondary N) is 1. The number of aliphatic hydroxyl groups is 1. The van der Waals surface area contributed by atoms with Crippen LogP contribution in [0.1, 0.15) is 23.0 Å². The van der Waals surface area contributed by atoms with Crippen LogP contribution in [0.2, 0.25) is 0 Å². The van der Waals surface area contributed by atoms with Crippen molar-refractivity contribution in [2.24, 2.45) is 0 Å². The molecular formula is C16H20FN3O3. The predicted octanol–water partition coefficient (Wildman–Crippen LogP) is 1.31. The number of ether oxygens (including phenoxy) is 1. The molecule has 1 heterocycles. The molecular weight excluding hydrogens is 301 g/mol. The second-order valence-corrected chi connectivity index (χ2v) is 5.07. The predicted molar refractivity (Wildman–Crippen MR) is 83.1 cm³/mol. The molecule has 0 spiro atoms. The smallest absolute Gasteiger partial charge is 0.254 e. The summed E-state index contributed by atoms with van der Waals surface area (Å²) in [6.45, 7) is 2.15. The number of methoxy groups -OCH3 is 1. The van der Waals surface area contributed by atoms with Crippen molar-refractivity contribution in [1.29, 1.82) is 0 Å². The van der Waals surface area contributed by atoms with Crippen LogP contribution < -0.4 is 5.32 Å². The Morgan fingerprint density at radius 1 is 1.43 bits per heavy atom. The van der Waals surface area contributed by atoms with Crippen molar-refractivity contribution in [3.63, 3.8) is 0 Å². The average molecular weight is 321 g/mol. The van der Waals surface area contributed by atoms with E-state index in [1.807, 2.05) is 6.92 Å². The van der Waals surface area contributed by atoms with Crippen molar-refractivity contribution in [1.82, 2.24) is 15.1 Å². The topological polar surface area (TPSA) is 76.4 Å². The standard InChI is InChI=1S/C16H20FN3O3/c1-3-15-14(16(22)18-8-13(21)10-23-2)9-19-20(15)12-6-4-11(17)5-7-12/h4-7,9,13,21H,3,8,10H2,1-2H3,(H,18,22). The normalized spacial score (nSPS) is 12.2. The van der Waals surface area contributed by atoms with E-state index in [1.54, 1.807) is 16.8 Å². The van der Waals surface area contributed by atoms with Gasteiger partial charge in [-0.25, -0.2) is 9.07 Å². The van der Waals surface area contributed by atoms with Crippen LogP contribution in [-0.4, -0.2) is 47.2 Å². The van der Waals surface area contributed by atoms with Gasteiger partial charge in [-0.1, -0.05) is 6.92 Å². The molecule has 0 bridgehead atoms. The second-order valence-electron chi connectivity index (χ2n) is 5.07. The van der Waals surface area contributed by atoms with Gasteiger partial charge in [0.15, 0.2) is 0 Å². The van der Waals surface area contributed by atoms with Gasteiger partial charge in [0, 0.05) is 13.7 Å². The highest BCUT2D eigenvalue weighted by Crippen LogP contribution is 2.16. The first-order chi connectivity index (χ1) is 11.1. The van der Waals surface area contributed by atoms with Crippen molar-refractivity contribution in [2.45, 2.75) is 19.4 Å². The maximum Gasteiger partial charge on any atom is 0.254 e. The highest BCUT2D eigenvalue weighted by molar-refractivity contribution is 5.95. The number of nitrogens with zero attached hydrogens (tertiary/aromatic N) is 2. The molecule has 124 valence electrons. The Bertz CT molecular complexity index is 655. The fraction of sp³-hybridized carbons (Fsp3) is 0.375. The third kappa shape index (κ3) is 4.14. The lowest BCUT2D eigenvalue weighted by Crippen LogP contribution is -2.34. The van der Waals surface area contributed by atoms with Crippen LogP contribution in [0, 0.1) is 5.82 Å². The summed E-state index contributed by atoms with van der Waals surface area (Å²) in [5.74, 6) is -0.644. The zero-order chi connectivity index (χ0) is 16.8. The molecule has 23 heavy (non-hydrogen) atoms. The first-order valence-corrected chi connectivity index (χ1v) is 7.34. The van der Waals surface area contributed by atoms with E-state index in [0.29, 0.717) is 17.7 Å². The van der Waals surface area contributed by atoms with E-state index >= 15 is 0 Å². The van der Waals surface area contributed by atoms with E-state index in [1.165, 1.54) is 25.4 Å². The Hall–Kier alpha value is -2.25. The third-order valence-corrected chi connectivity index (χ3v) is 3.38. The molecule has 0 saturated heterocycles. The number of aromatic nitrogens is 2. The average Bonchev–Trinajstić information content (AvgIpc) is 2.97. The van der Waals surface area contributed by atoms with E-state index in [2.05, 4.69) is 10.4 Å². The van der Waals surface area contributed by atoms with E-state index < -0.39 is 6.10 Å². The van der Waals surface area contributed by atoms with Crippen molar-refractivity contribution in [3.8, 4) is 5.69 Å². The number of hydrogen-bond donors (Lipinski definition) is 2. The Labute approximate surface area is 133 Å². The quantitative estimate of drug-likeness (QED) is 0.806. The number of carbonyl (C=O) groups is 1. The lowest BCUT2D eigenvalue weighted by atomic mass is 10.2. The highest BCUT2D eigenvalue weighted by Gasteiger charge is 2.17. The Balaban J connectivity index is 2.17. The summed E-state index contributed by atoms with van der Waals surface area (Å²) in [5.41, 5.74) is 1.83. The maximum absolute atomic E-state index is 13.0. The molecule has 0 saturated carbocycles. The zero-order valence-corrected chi connectivity index (χ0v) is 13.1. The van der Waals surface area contributed by atoms with Crippen LogP contribution in [0.3, 0.4) is 0 Å². The first-order valence-electron chi connectivity index (χ1n) is 7.34. The molecule has 1 atom stereocenters. The van der Waals surface area contributed by atoms with Crippen molar-refractivity contribution in [3.05, 3.63) is 47.5 Å². The van der Waals surface area contributed by atoms with Crippen molar-refractivity contribution in [2.75, 3.05) is 20.3 Å². The number of aliphatic hydroxyl groups excluding tert-OH is 1. The van der Waals surface area contributed by atoms with Crippen LogP contribution in [-0.2, 0) is 11.2 Å². The molecule has 1 unspecified atom stereocenters. The lowest BCUT2D eigenvalue weighted by molar-refractivity contribution is 0.0609. The minimum Gasteiger partial charge on any atom is -0.389 e. The Morgan fingerprint density at radius 3 is 2.74 bits per heavy atom. The summed E-state index contributed by atoms with van der Waals surface area (Å²) in [6, 6.07) is 5.89. The summed E-state index contributed by atoms with van der Waals surface area (Å²) in [4.78, 5) is 12.3. The molecule has 2 N–H and O–H groups in total. The van der Waals surface area contributed by atoms with Crippen LogP contribution >= 0.6 is 0 Å². The van der Waals surface area contributed by atoms with Crippen LogP contribution in [0.25, 0.3) is 5.69 Å². The van der Waals surface area contributed by atoms with Gasteiger partial charge in [0.05, 0.1) is 35.9 Å². The summed E-state index contributed by atoms with van der Waals surface area (Å²) >= 11 is 0. The van der Waals surface area contributed by atoms with Gasteiger partial charge in [-0.15, -0.1) is 0 Å². The van der Waals surface area contributed by atoms with Gasteiger partial charge in [0.1, 0.15) is 5.82 Å². The van der Waals surface area contributed by atoms with Gasteiger partial charge < -0.3 is 15.2 Å². The molecule has 0 aliphatic rings. The third-order valence-electron chi connectivity index (χ3n) is 3.38. The molecule has 0 aliphatic heterocycles. The minimum atomic E-state index is -0.763. The molecule has 0 fully saturated rings. The number of rotatable bonds is 7. The van der Waals surface area contributed by atoms with Crippen molar-refractivity contribution >= 4 is 5.91 Å². The van der Waals surface area contributed by atoms with Gasteiger partial charge in [0.25, 0.3) is 5.91 Å². The first kappa shape index (κ1) is 17.1. The monoisotopic (exact) mass is 321 g/mol. The molecule has 1 aromatic carbocycles. The summed E-state index contributed by atoms with van der Waals surface area (Å²) in [6.07, 6.45) is 1.29. The fourth-order valence-corrected chi connectivity index (χ4v) is 2.27. The van der Waals surface area contributed by atoms with Gasteiger partial charge in [-0.3, -0.25) is 4.79 Å².